The van der Waals surface area contributed by atoms with Crippen LogP contribution in [-0.4, -0.2) is 0 Å². The summed E-state index contributed by atoms with van der Waals surface area (Å²) in [4.78, 5) is 0. The van der Waals surface area contributed by atoms with Gasteiger partial charge in [0, 0.05) is 0 Å². The lowest BCUT2D eigenvalue weighted by atomic mass is 10.0. The summed E-state index contributed by atoms with van der Waals surface area (Å²) in [6, 6.07) is 7.55. The Morgan fingerprint density at radius 1 is 1.08 bits per heavy atom. The van der Waals surface area contributed by atoms with Crippen LogP contribution < -0.4 is 0 Å². The maximum absolute atomic E-state index is 3.34. The van der Waals surface area contributed by atoms with E-state index >= 15 is 0 Å². The van der Waals surface area contributed by atoms with Gasteiger partial charge in [0.1, 0.15) is 0 Å². The summed E-state index contributed by atoms with van der Waals surface area (Å²) in [7, 11) is 0. The zero-order chi connectivity index (χ0) is 9.68. The van der Waals surface area contributed by atoms with Crippen LogP contribution in [-0.2, 0) is 0 Å². The minimum atomic E-state index is 1.14. The fourth-order valence-electron chi connectivity index (χ4n) is 1.22. The molecule has 0 amide bonds. The molecular weight excluding hydrogens is 156 g/mol. The largest absolute Gasteiger partial charge is 0.0870 e. The monoisotopic (exact) mass is 171 g/mol. The summed E-state index contributed by atoms with van der Waals surface area (Å²) in [6.45, 7) is 6.14. The summed E-state index contributed by atoms with van der Waals surface area (Å²) in [5.74, 6) is 0. The first kappa shape index (κ1) is 9.79. The zero-order valence-corrected chi connectivity index (χ0v) is 8.46. The van der Waals surface area contributed by atoms with Gasteiger partial charge in [0.2, 0.25) is 0 Å². The molecule has 0 fully saturated rings. The molecule has 0 aromatic heterocycles. The number of hydrogen-bond acceptors (Lipinski definition) is 0. The number of benzene rings is 1. The molecule has 0 heteroatoms. The van der Waals surface area contributed by atoms with Gasteiger partial charge < -0.3 is 0 Å². The van der Waals surface area contributed by atoms with Gasteiger partial charge in [0.25, 0.3) is 0 Å². The van der Waals surface area contributed by atoms with Gasteiger partial charge in [-0.1, -0.05) is 36.4 Å². The van der Waals surface area contributed by atoms with E-state index in [2.05, 4.69) is 37.3 Å². The molecule has 0 bridgehead atoms. The Hall–Kier alpha value is -1.30. The first-order valence-corrected chi connectivity index (χ1v) is 4.56. The Morgan fingerprint density at radius 2 is 1.77 bits per heavy atom. The van der Waals surface area contributed by atoms with Crippen molar-refractivity contribution >= 4 is 12.2 Å². The molecule has 0 saturated carbocycles. The van der Waals surface area contributed by atoms with Crippen LogP contribution in [0.3, 0.4) is 0 Å². The second-order valence-corrected chi connectivity index (χ2v) is 3.01. The van der Waals surface area contributed by atoms with Crippen LogP contribution in [0.2, 0.25) is 0 Å². The number of hydrogen-bond donors (Lipinski definition) is 0. The average Bonchev–Trinajstić information content (AvgIpc) is 2.12. The summed E-state index contributed by atoms with van der Waals surface area (Å²) in [5.41, 5.74) is 3.59. The molecule has 1 aromatic rings. The van der Waals surface area contributed by atoms with Gasteiger partial charge in [-0.3, -0.25) is 0 Å². The minimum Gasteiger partial charge on any atom is -0.0870 e. The first-order valence-electron chi connectivity index (χ1n) is 4.56. The second-order valence-electron chi connectivity index (χ2n) is 3.01. The first-order chi connectivity index (χ1) is 6.27. The van der Waals surface area contributed by atoms with E-state index in [-0.39, 0.29) is 0 Å². The van der Waals surface area contributed by atoms with E-state index in [4.69, 9.17) is 0 Å². The standard InChI is InChI=1S/C13H15/c1-4-6-12-9-8-11(3)13(10-12)7-5-2/h4-9H,1-3H3. The van der Waals surface area contributed by atoms with Crippen LogP contribution in [0, 0.1) is 13.0 Å². The van der Waals surface area contributed by atoms with Crippen molar-refractivity contribution < 1.29 is 0 Å². The maximum atomic E-state index is 3.34. The predicted molar refractivity (Wildman–Crippen MR) is 59.4 cm³/mol. The lowest BCUT2D eigenvalue weighted by Crippen LogP contribution is -1.82. The molecule has 0 N–H and O–H groups in total. The number of rotatable bonds is 2. The highest BCUT2D eigenvalue weighted by Crippen LogP contribution is 2.13. The molecule has 1 aromatic carbocycles. The molecule has 0 spiro atoms. The van der Waals surface area contributed by atoms with Crippen molar-refractivity contribution in [3.8, 4) is 0 Å². The van der Waals surface area contributed by atoms with Crippen molar-refractivity contribution in [1.29, 1.82) is 0 Å². The molecule has 0 atom stereocenters. The fourth-order valence-corrected chi connectivity index (χ4v) is 1.22. The Bertz CT molecular complexity index is 330. The highest BCUT2D eigenvalue weighted by Gasteiger charge is 1.94. The highest BCUT2D eigenvalue weighted by atomic mass is 14.0. The quantitative estimate of drug-likeness (QED) is 0.633. The SMILES string of the molecule is CC=Cc1[c]c(C=CC)c(C)cc1. The van der Waals surface area contributed by atoms with E-state index in [0.717, 1.165) is 5.56 Å². The van der Waals surface area contributed by atoms with Crippen molar-refractivity contribution in [1.82, 2.24) is 0 Å². The van der Waals surface area contributed by atoms with Gasteiger partial charge >= 0.3 is 0 Å². The van der Waals surface area contributed by atoms with E-state index in [9.17, 15) is 0 Å². The molecule has 13 heavy (non-hydrogen) atoms. The summed E-state index contributed by atoms with van der Waals surface area (Å²) >= 11 is 0. The zero-order valence-electron chi connectivity index (χ0n) is 8.46. The summed E-state index contributed by atoms with van der Waals surface area (Å²) in [5, 5.41) is 0. The molecule has 0 nitrogen and oxygen atoms in total. The fraction of sp³-hybridized carbons (Fsp3) is 0.231. The van der Waals surface area contributed by atoms with Crippen LogP contribution in [0.15, 0.2) is 24.3 Å². The molecule has 1 radical (unpaired) electrons. The second kappa shape index (κ2) is 4.66. The van der Waals surface area contributed by atoms with Gasteiger partial charge in [-0.2, -0.15) is 0 Å². The van der Waals surface area contributed by atoms with Gasteiger partial charge in [-0.05, 0) is 43.5 Å². The Labute approximate surface area is 80.6 Å². The van der Waals surface area contributed by atoms with E-state index in [1.807, 2.05) is 26.0 Å². The molecule has 0 heterocycles. The van der Waals surface area contributed by atoms with Crippen LogP contribution in [0.5, 0.6) is 0 Å². The third-order valence-electron chi connectivity index (χ3n) is 1.90. The molecule has 1 rings (SSSR count). The minimum absolute atomic E-state index is 1.14. The van der Waals surface area contributed by atoms with E-state index in [1.165, 1.54) is 11.1 Å². The van der Waals surface area contributed by atoms with Gasteiger partial charge in [0.15, 0.2) is 0 Å². The number of aryl methyl sites for hydroxylation is 1. The van der Waals surface area contributed by atoms with Crippen molar-refractivity contribution in [2.24, 2.45) is 0 Å². The summed E-state index contributed by atoms with van der Waals surface area (Å²) < 4.78 is 0. The molecular formula is C13H15. The molecule has 67 valence electrons. The van der Waals surface area contributed by atoms with E-state index in [0.29, 0.717) is 0 Å². The van der Waals surface area contributed by atoms with Crippen LogP contribution >= 0.6 is 0 Å². The Balaban J connectivity index is 3.10. The molecule has 0 aliphatic heterocycles. The molecule has 0 aliphatic carbocycles. The van der Waals surface area contributed by atoms with Crippen molar-refractivity contribution in [3.05, 3.63) is 47.0 Å². The predicted octanol–water partition coefficient (Wildman–Crippen LogP) is 3.86. The smallest absolute Gasteiger partial charge is 0.00243 e. The Kier molecular flexibility index (Phi) is 3.51. The Morgan fingerprint density at radius 3 is 2.38 bits per heavy atom. The lowest BCUT2D eigenvalue weighted by molar-refractivity contribution is 1.42. The van der Waals surface area contributed by atoms with Crippen LogP contribution in [0.4, 0.5) is 0 Å². The van der Waals surface area contributed by atoms with Crippen molar-refractivity contribution in [2.75, 3.05) is 0 Å². The third kappa shape index (κ3) is 2.59. The van der Waals surface area contributed by atoms with E-state index < -0.39 is 0 Å². The lowest BCUT2D eigenvalue weighted by Gasteiger charge is -2.00. The topological polar surface area (TPSA) is 0 Å². The molecule has 0 saturated heterocycles. The third-order valence-corrected chi connectivity index (χ3v) is 1.90. The van der Waals surface area contributed by atoms with Crippen LogP contribution in [0.1, 0.15) is 30.5 Å². The summed E-state index contributed by atoms with van der Waals surface area (Å²) in [6.07, 6.45) is 8.22. The normalized spacial score (nSPS) is 11.6. The van der Waals surface area contributed by atoms with Crippen molar-refractivity contribution in [2.45, 2.75) is 20.8 Å². The average molecular weight is 171 g/mol. The van der Waals surface area contributed by atoms with Gasteiger partial charge in [-0.25, -0.2) is 0 Å². The van der Waals surface area contributed by atoms with E-state index in [1.54, 1.807) is 0 Å². The van der Waals surface area contributed by atoms with Gasteiger partial charge in [0.05, 0.1) is 0 Å². The van der Waals surface area contributed by atoms with Crippen LogP contribution in [0.25, 0.3) is 12.2 Å². The van der Waals surface area contributed by atoms with Gasteiger partial charge in [-0.15, -0.1) is 0 Å². The maximum Gasteiger partial charge on any atom is -0.00243 e. The number of allylic oxidation sites excluding steroid dienone is 2. The molecule has 0 aliphatic rings. The van der Waals surface area contributed by atoms with Crippen molar-refractivity contribution in [3.63, 3.8) is 0 Å². The molecule has 0 unspecified atom stereocenters. The highest BCUT2D eigenvalue weighted by molar-refractivity contribution is 5.59.